The molecule has 1 aromatic carbocycles. The second kappa shape index (κ2) is 6.75. The van der Waals surface area contributed by atoms with Gasteiger partial charge in [-0.1, -0.05) is 13.3 Å². The molecular formula is C16H25NO3. The third-order valence-corrected chi connectivity index (χ3v) is 3.58. The molecule has 1 amide bonds. The molecule has 20 heavy (non-hydrogen) atoms. The largest absolute Gasteiger partial charge is 0.496 e. The van der Waals surface area contributed by atoms with Gasteiger partial charge in [0.05, 0.1) is 7.11 Å². The van der Waals surface area contributed by atoms with E-state index >= 15 is 0 Å². The van der Waals surface area contributed by atoms with E-state index < -0.39 is 5.60 Å². The van der Waals surface area contributed by atoms with E-state index in [0.29, 0.717) is 6.42 Å². The van der Waals surface area contributed by atoms with Crippen LogP contribution in [0.25, 0.3) is 0 Å². The first-order chi connectivity index (χ1) is 9.37. The molecule has 0 unspecified atom stereocenters. The first-order valence-corrected chi connectivity index (χ1v) is 6.89. The van der Waals surface area contributed by atoms with Gasteiger partial charge in [-0.15, -0.1) is 0 Å². The minimum Gasteiger partial charge on any atom is -0.496 e. The summed E-state index contributed by atoms with van der Waals surface area (Å²) in [5.41, 5.74) is 1.97. The number of hydrogen-bond acceptors (Lipinski definition) is 3. The van der Waals surface area contributed by atoms with Crippen LogP contribution in [-0.2, 0) is 9.53 Å². The van der Waals surface area contributed by atoms with Gasteiger partial charge in [0.15, 0.2) is 0 Å². The summed E-state index contributed by atoms with van der Waals surface area (Å²) in [5, 5.41) is 2.93. The summed E-state index contributed by atoms with van der Waals surface area (Å²) in [7, 11) is 3.22. The summed E-state index contributed by atoms with van der Waals surface area (Å²) in [6, 6.07) is 3.82. The van der Waals surface area contributed by atoms with Crippen LogP contribution in [0.4, 0.5) is 5.69 Å². The molecule has 0 aliphatic carbocycles. The molecule has 1 rings (SSSR count). The van der Waals surface area contributed by atoms with Gasteiger partial charge in [-0.3, -0.25) is 4.79 Å². The molecule has 0 saturated heterocycles. The Bertz CT molecular complexity index is 462. The lowest BCUT2D eigenvalue weighted by Crippen LogP contribution is -2.41. The number of rotatable bonds is 6. The van der Waals surface area contributed by atoms with Crippen molar-refractivity contribution in [3.8, 4) is 5.75 Å². The van der Waals surface area contributed by atoms with E-state index in [1.54, 1.807) is 14.2 Å². The van der Waals surface area contributed by atoms with Gasteiger partial charge >= 0.3 is 0 Å². The molecule has 0 aliphatic heterocycles. The summed E-state index contributed by atoms with van der Waals surface area (Å²) >= 11 is 0. The summed E-state index contributed by atoms with van der Waals surface area (Å²) in [6.45, 7) is 7.77. The van der Waals surface area contributed by atoms with Gasteiger partial charge < -0.3 is 14.8 Å². The molecule has 4 heteroatoms. The number of carbonyl (C=O) groups is 1. The van der Waals surface area contributed by atoms with Crippen molar-refractivity contribution < 1.29 is 14.3 Å². The Morgan fingerprint density at radius 3 is 2.20 bits per heavy atom. The molecule has 0 saturated carbocycles. The first-order valence-electron chi connectivity index (χ1n) is 6.89. The zero-order valence-electron chi connectivity index (χ0n) is 13.3. The fourth-order valence-electron chi connectivity index (χ4n) is 2.39. The number of nitrogens with one attached hydrogen (secondary N) is 1. The number of methoxy groups -OCH3 is 2. The average Bonchev–Trinajstić information content (AvgIpc) is 2.38. The molecule has 0 radical (unpaired) electrons. The third-order valence-electron chi connectivity index (χ3n) is 3.58. The predicted molar refractivity (Wildman–Crippen MR) is 81.4 cm³/mol. The van der Waals surface area contributed by atoms with E-state index in [0.717, 1.165) is 29.0 Å². The zero-order chi connectivity index (χ0) is 15.3. The van der Waals surface area contributed by atoms with Crippen LogP contribution < -0.4 is 10.1 Å². The standard InChI is InChI=1S/C16H25NO3/c1-7-8-16(4,20-6)15(18)17-13-9-11(2)14(19-5)12(3)10-13/h9-10H,7-8H2,1-6H3,(H,17,18)/t16-/m0/s1. The van der Waals surface area contributed by atoms with Gasteiger partial charge in [-0.25, -0.2) is 0 Å². The maximum absolute atomic E-state index is 12.4. The topological polar surface area (TPSA) is 47.6 Å². The van der Waals surface area contributed by atoms with Crippen LogP contribution in [0.15, 0.2) is 12.1 Å². The average molecular weight is 279 g/mol. The lowest BCUT2D eigenvalue weighted by molar-refractivity contribution is -0.136. The predicted octanol–water partition coefficient (Wildman–Crippen LogP) is 3.46. The number of ether oxygens (including phenoxy) is 2. The van der Waals surface area contributed by atoms with Crippen molar-refractivity contribution in [2.75, 3.05) is 19.5 Å². The molecular weight excluding hydrogens is 254 g/mol. The van der Waals surface area contributed by atoms with Gasteiger partial charge in [0.1, 0.15) is 11.4 Å². The summed E-state index contributed by atoms with van der Waals surface area (Å²) < 4.78 is 10.7. The lowest BCUT2D eigenvalue weighted by atomic mass is 9.99. The van der Waals surface area contributed by atoms with E-state index in [4.69, 9.17) is 9.47 Å². The Morgan fingerprint density at radius 1 is 1.25 bits per heavy atom. The van der Waals surface area contributed by atoms with Crippen LogP contribution >= 0.6 is 0 Å². The Balaban J connectivity index is 2.96. The minimum absolute atomic E-state index is 0.120. The van der Waals surface area contributed by atoms with Crippen LogP contribution in [0, 0.1) is 13.8 Å². The van der Waals surface area contributed by atoms with E-state index in [1.807, 2.05) is 39.8 Å². The van der Waals surface area contributed by atoms with Crippen molar-refractivity contribution in [3.05, 3.63) is 23.3 Å². The van der Waals surface area contributed by atoms with Gasteiger partial charge in [-0.05, 0) is 50.5 Å². The number of carbonyl (C=O) groups excluding carboxylic acids is 1. The Morgan fingerprint density at radius 2 is 1.80 bits per heavy atom. The number of benzene rings is 1. The molecule has 112 valence electrons. The number of anilines is 1. The van der Waals surface area contributed by atoms with Crippen LogP contribution in [-0.4, -0.2) is 25.7 Å². The fraction of sp³-hybridized carbons (Fsp3) is 0.562. The molecule has 0 bridgehead atoms. The van der Waals surface area contributed by atoms with E-state index in [-0.39, 0.29) is 5.91 Å². The van der Waals surface area contributed by atoms with E-state index in [2.05, 4.69) is 5.32 Å². The van der Waals surface area contributed by atoms with Crippen molar-refractivity contribution >= 4 is 11.6 Å². The SMILES string of the molecule is CCC[C@](C)(OC)C(=O)Nc1cc(C)c(OC)c(C)c1. The molecule has 1 aromatic rings. The Hall–Kier alpha value is -1.55. The second-order valence-corrected chi connectivity index (χ2v) is 5.28. The lowest BCUT2D eigenvalue weighted by Gasteiger charge is -2.26. The summed E-state index contributed by atoms with van der Waals surface area (Å²) in [5.74, 6) is 0.733. The Kier molecular flexibility index (Phi) is 5.57. The highest BCUT2D eigenvalue weighted by atomic mass is 16.5. The fourth-order valence-corrected chi connectivity index (χ4v) is 2.39. The van der Waals surface area contributed by atoms with Crippen molar-refractivity contribution in [1.29, 1.82) is 0 Å². The van der Waals surface area contributed by atoms with Gasteiger partial charge in [0.25, 0.3) is 5.91 Å². The maximum atomic E-state index is 12.4. The Labute approximate surface area is 121 Å². The molecule has 1 atom stereocenters. The van der Waals surface area contributed by atoms with Crippen LogP contribution in [0.2, 0.25) is 0 Å². The minimum atomic E-state index is -0.795. The molecule has 0 heterocycles. The molecule has 1 N–H and O–H groups in total. The van der Waals surface area contributed by atoms with Gasteiger partial charge in [-0.2, -0.15) is 0 Å². The molecule has 0 aromatic heterocycles. The van der Waals surface area contributed by atoms with Gasteiger partial charge in [0.2, 0.25) is 0 Å². The highest BCUT2D eigenvalue weighted by molar-refractivity contribution is 5.97. The van der Waals surface area contributed by atoms with E-state index in [1.165, 1.54) is 0 Å². The van der Waals surface area contributed by atoms with Crippen LogP contribution in [0.3, 0.4) is 0 Å². The zero-order valence-corrected chi connectivity index (χ0v) is 13.3. The number of hydrogen-bond donors (Lipinski definition) is 1. The highest BCUT2D eigenvalue weighted by Gasteiger charge is 2.32. The van der Waals surface area contributed by atoms with Gasteiger partial charge in [0, 0.05) is 12.8 Å². The monoisotopic (exact) mass is 279 g/mol. The quantitative estimate of drug-likeness (QED) is 0.867. The maximum Gasteiger partial charge on any atom is 0.256 e. The summed E-state index contributed by atoms with van der Waals surface area (Å²) in [4.78, 5) is 12.4. The molecule has 0 spiro atoms. The smallest absolute Gasteiger partial charge is 0.256 e. The normalized spacial score (nSPS) is 13.7. The first kappa shape index (κ1) is 16.5. The van der Waals surface area contributed by atoms with Crippen molar-refractivity contribution in [2.24, 2.45) is 0 Å². The molecule has 0 fully saturated rings. The van der Waals surface area contributed by atoms with Crippen LogP contribution in [0.5, 0.6) is 5.75 Å². The summed E-state index contributed by atoms with van der Waals surface area (Å²) in [6.07, 6.45) is 1.57. The highest BCUT2D eigenvalue weighted by Crippen LogP contribution is 2.28. The van der Waals surface area contributed by atoms with Crippen molar-refractivity contribution in [3.63, 3.8) is 0 Å². The molecule has 4 nitrogen and oxygen atoms in total. The van der Waals surface area contributed by atoms with Crippen molar-refractivity contribution in [2.45, 2.75) is 46.1 Å². The molecule has 0 aliphatic rings. The number of amides is 1. The second-order valence-electron chi connectivity index (χ2n) is 5.28. The number of aryl methyl sites for hydroxylation is 2. The van der Waals surface area contributed by atoms with Crippen molar-refractivity contribution in [1.82, 2.24) is 0 Å². The van der Waals surface area contributed by atoms with E-state index in [9.17, 15) is 4.79 Å². The third kappa shape index (κ3) is 3.51. The van der Waals surface area contributed by atoms with Crippen LogP contribution in [0.1, 0.15) is 37.8 Å².